The summed E-state index contributed by atoms with van der Waals surface area (Å²) < 4.78 is 2.42. The van der Waals surface area contributed by atoms with Crippen molar-refractivity contribution in [1.29, 1.82) is 0 Å². The molecule has 1 aromatic heterocycles. The molecule has 1 aromatic rings. The second kappa shape index (κ2) is 5.00. The van der Waals surface area contributed by atoms with E-state index in [9.17, 15) is 0 Å². The van der Waals surface area contributed by atoms with Crippen molar-refractivity contribution in [1.82, 2.24) is 19.7 Å². The van der Waals surface area contributed by atoms with Crippen molar-refractivity contribution in [3.05, 3.63) is 11.6 Å². The maximum atomic E-state index is 4.52. The van der Waals surface area contributed by atoms with Gasteiger partial charge in [0, 0.05) is 18.4 Å². The van der Waals surface area contributed by atoms with Crippen LogP contribution in [0.2, 0.25) is 0 Å². The first-order chi connectivity index (χ1) is 8.79. The van der Waals surface area contributed by atoms with Gasteiger partial charge in [-0.05, 0) is 45.3 Å². The summed E-state index contributed by atoms with van der Waals surface area (Å²) in [5.41, 5.74) is 0. The molecular formula is C14H24N4. The summed E-state index contributed by atoms with van der Waals surface area (Å²) in [4.78, 5) is 2.53. The normalized spacial score (nSPS) is 26.2. The molecule has 4 heteroatoms. The zero-order valence-corrected chi connectivity index (χ0v) is 11.6. The van der Waals surface area contributed by atoms with Crippen LogP contribution in [0.3, 0.4) is 0 Å². The van der Waals surface area contributed by atoms with E-state index in [2.05, 4.69) is 33.5 Å². The molecule has 0 N–H and O–H groups in total. The molecule has 1 saturated heterocycles. The molecule has 1 unspecified atom stereocenters. The number of hydrogen-bond acceptors (Lipinski definition) is 3. The van der Waals surface area contributed by atoms with E-state index in [1.807, 2.05) is 0 Å². The fourth-order valence-corrected chi connectivity index (χ4v) is 3.42. The molecule has 0 aliphatic carbocycles. The number of rotatable bonds is 2. The summed E-state index contributed by atoms with van der Waals surface area (Å²) in [5.74, 6) is 3.73. The molecule has 100 valence electrons. The molecule has 0 spiro atoms. The molecule has 0 aromatic carbocycles. The van der Waals surface area contributed by atoms with Gasteiger partial charge in [-0.3, -0.25) is 0 Å². The second-order valence-electron chi connectivity index (χ2n) is 5.82. The third-order valence-electron chi connectivity index (χ3n) is 4.67. The third kappa shape index (κ3) is 2.07. The number of fused-ring (bicyclic) bond motifs is 1. The Labute approximate surface area is 109 Å². The molecule has 0 bridgehead atoms. The molecule has 2 aliphatic heterocycles. The summed E-state index contributed by atoms with van der Waals surface area (Å²) >= 11 is 0. The van der Waals surface area contributed by atoms with Gasteiger partial charge in [-0.15, -0.1) is 10.2 Å². The van der Waals surface area contributed by atoms with Gasteiger partial charge < -0.3 is 9.47 Å². The molecule has 4 nitrogen and oxygen atoms in total. The lowest BCUT2D eigenvalue weighted by Crippen LogP contribution is -2.33. The number of hydrogen-bond donors (Lipinski definition) is 0. The summed E-state index contributed by atoms with van der Waals surface area (Å²) in [6.07, 6.45) is 5.06. The van der Waals surface area contributed by atoms with Crippen LogP contribution in [-0.2, 0) is 6.54 Å². The predicted octanol–water partition coefficient (Wildman–Crippen LogP) is 2.37. The molecule has 1 fully saturated rings. The van der Waals surface area contributed by atoms with Gasteiger partial charge in [0.15, 0.2) is 0 Å². The monoisotopic (exact) mass is 248 g/mol. The van der Waals surface area contributed by atoms with E-state index in [0.29, 0.717) is 11.8 Å². The lowest BCUT2D eigenvalue weighted by molar-refractivity contribution is 0.216. The summed E-state index contributed by atoms with van der Waals surface area (Å²) in [6, 6.07) is 0. The van der Waals surface area contributed by atoms with Crippen LogP contribution in [0.25, 0.3) is 0 Å². The highest BCUT2D eigenvalue weighted by Gasteiger charge is 2.28. The van der Waals surface area contributed by atoms with Gasteiger partial charge in [-0.25, -0.2) is 0 Å². The zero-order valence-electron chi connectivity index (χ0n) is 11.6. The molecule has 0 amide bonds. The van der Waals surface area contributed by atoms with Crippen molar-refractivity contribution < 1.29 is 0 Å². The van der Waals surface area contributed by atoms with Crippen molar-refractivity contribution in [3.63, 3.8) is 0 Å². The smallest absolute Gasteiger partial charge is 0.136 e. The SMILES string of the molecule is CCN1CCC(c2nnc3n2CCCC3C)CC1. The van der Waals surface area contributed by atoms with Crippen LogP contribution in [0.15, 0.2) is 0 Å². The Kier molecular flexibility index (Phi) is 3.37. The van der Waals surface area contributed by atoms with Gasteiger partial charge in [-0.1, -0.05) is 13.8 Å². The minimum absolute atomic E-state index is 0.593. The fraction of sp³-hybridized carbons (Fsp3) is 0.857. The fourth-order valence-electron chi connectivity index (χ4n) is 3.42. The van der Waals surface area contributed by atoms with Crippen molar-refractivity contribution in [2.24, 2.45) is 0 Å². The number of piperidine rings is 1. The van der Waals surface area contributed by atoms with E-state index in [-0.39, 0.29) is 0 Å². The van der Waals surface area contributed by atoms with Crippen LogP contribution in [-0.4, -0.2) is 39.3 Å². The molecule has 1 atom stereocenters. The highest BCUT2D eigenvalue weighted by atomic mass is 15.3. The van der Waals surface area contributed by atoms with Gasteiger partial charge in [0.1, 0.15) is 11.6 Å². The summed E-state index contributed by atoms with van der Waals surface area (Å²) in [7, 11) is 0. The lowest BCUT2D eigenvalue weighted by atomic mass is 9.94. The summed E-state index contributed by atoms with van der Waals surface area (Å²) in [5, 5.41) is 8.97. The van der Waals surface area contributed by atoms with Gasteiger partial charge in [0.05, 0.1) is 0 Å². The molecule has 0 radical (unpaired) electrons. The van der Waals surface area contributed by atoms with Crippen LogP contribution >= 0.6 is 0 Å². The van der Waals surface area contributed by atoms with Crippen molar-refractivity contribution in [3.8, 4) is 0 Å². The second-order valence-corrected chi connectivity index (χ2v) is 5.82. The lowest BCUT2D eigenvalue weighted by Gasteiger charge is -2.31. The van der Waals surface area contributed by atoms with Crippen molar-refractivity contribution in [2.75, 3.05) is 19.6 Å². The van der Waals surface area contributed by atoms with E-state index in [1.165, 1.54) is 57.0 Å². The van der Waals surface area contributed by atoms with Crippen molar-refractivity contribution >= 4 is 0 Å². The third-order valence-corrected chi connectivity index (χ3v) is 4.67. The van der Waals surface area contributed by atoms with Crippen molar-refractivity contribution in [2.45, 2.75) is 57.9 Å². The summed E-state index contributed by atoms with van der Waals surface area (Å²) in [6.45, 7) is 9.29. The van der Waals surface area contributed by atoms with Crippen LogP contribution in [0.5, 0.6) is 0 Å². The Morgan fingerprint density at radius 2 is 1.78 bits per heavy atom. The molecule has 18 heavy (non-hydrogen) atoms. The maximum Gasteiger partial charge on any atom is 0.136 e. The average Bonchev–Trinajstić information content (AvgIpc) is 2.84. The van der Waals surface area contributed by atoms with Crippen LogP contribution in [0, 0.1) is 0 Å². The van der Waals surface area contributed by atoms with E-state index in [1.54, 1.807) is 0 Å². The Morgan fingerprint density at radius 3 is 2.50 bits per heavy atom. The first-order valence-electron chi connectivity index (χ1n) is 7.45. The average molecular weight is 248 g/mol. The topological polar surface area (TPSA) is 34.0 Å². The number of likely N-dealkylation sites (tertiary alicyclic amines) is 1. The van der Waals surface area contributed by atoms with E-state index in [0.717, 1.165) is 6.54 Å². The largest absolute Gasteiger partial charge is 0.315 e. The van der Waals surface area contributed by atoms with Gasteiger partial charge in [0.25, 0.3) is 0 Å². The molecule has 0 saturated carbocycles. The Balaban J connectivity index is 1.77. The Hall–Kier alpha value is -0.900. The van der Waals surface area contributed by atoms with Crippen LogP contribution in [0.1, 0.15) is 63.0 Å². The zero-order chi connectivity index (χ0) is 12.5. The molecule has 3 heterocycles. The van der Waals surface area contributed by atoms with Gasteiger partial charge in [0.2, 0.25) is 0 Å². The highest BCUT2D eigenvalue weighted by molar-refractivity contribution is 5.08. The highest BCUT2D eigenvalue weighted by Crippen LogP contribution is 2.32. The maximum absolute atomic E-state index is 4.52. The number of nitrogens with zero attached hydrogens (tertiary/aromatic N) is 4. The standard InChI is InChI=1S/C14H24N4/c1-3-17-9-6-12(7-10-17)14-16-15-13-11(2)5-4-8-18(13)14/h11-12H,3-10H2,1-2H3. The van der Waals surface area contributed by atoms with Gasteiger partial charge in [-0.2, -0.15) is 0 Å². The molecule has 3 rings (SSSR count). The van der Waals surface area contributed by atoms with Gasteiger partial charge >= 0.3 is 0 Å². The molecule has 2 aliphatic rings. The molecular weight excluding hydrogens is 224 g/mol. The number of aromatic nitrogens is 3. The first kappa shape index (κ1) is 12.2. The quantitative estimate of drug-likeness (QED) is 0.806. The van der Waals surface area contributed by atoms with E-state index < -0.39 is 0 Å². The predicted molar refractivity (Wildman–Crippen MR) is 71.8 cm³/mol. The Morgan fingerprint density at radius 1 is 1.06 bits per heavy atom. The Bertz CT molecular complexity index is 404. The first-order valence-corrected chi connectivity index (χ1v) is 7.45. The minimum atomic E-state index is 0.593. The van der Waals surface area contributed by atoms with E-state index >= 15 is 0 Å². The van der Waals surface area contributed by atoms with Crippen LogP contribution < -0.4 is 0 Å². The van der Waals surface area contributed by atoms with Crippen LogP contribution in [0.4, 0.5) is 0 Å². The van der Waals surface area contributed by atoms with E-state index in [4.69, 9.17) is 0 Å². The minimum Gasteiger partial charge on any atom is -0.315 e.